The van der Waals surface area contributed by atoms with Crippen molar-refractivity contribution in [3.63, 3.8) is 0 Å². The summed E-state index contributed by atoms with van der Waals surface area (Å²) >= 11 is 1.48. The van der Waals surface area contributed by atoms with Gasteiger partial charge < -0.3 is 0 Å². The van der Waals surface area contributed by atoms with Crippen LogP contribution < -0.4 is 0 Å². The van der Waals surface area contributed by atoms with Gasteiger partial charge in [0.05, 0.1) is 5.69 Å². The van der Waals surface area contributed by atoms with Crippen LogP contribution in [0.15, 0.2) is 64.8 Å². The smallest absolute Gasteiger partial charge is 0.115 e. The highest BCUT2D eigenvalue weighted by Crippen LogP contribution is 2.45. The van der Waals surface area contributed by atoms with E-state index >= 15 is 0 Å². The predicted octanol–water partition coefficient (Wildman–Crippen LogP) is 5.14. The summed E-state index contributed by atoms with van der Waals surface area (Å²) < 4.78 is 2.94. The van der Waals surface area contributed by atoms with Gasteiger partial charge in [0.1, 0.15) is 16.3 Å². The maximum absolute atomic E-state index is 4.44. The molecule has 0 saturated carbocycles. The van der Waals surface area contributed by atoms with Gasteiger partial charge in [0, 0.05) is 10.8 Å². The molecular formula is C15H10N4S. The van der Waals surface area contributed by atoms with E-state index in [1.807, 2.05) is 42.5 Å². The zero-order valence-electron chi connectivity index (χ0n) is 10.4. The van der Waals surface area contributed by atoms with E-state index in [4.69, 9.17) is 0 Å². The quantitative estimate of drug-likeness (QED) is 0.507. The van der Waals surface area contributed by atoms with Crippen LogP contribution in [0.4, 0.5) is 11.4 Å². The molecular weight excluding hydrogens is 268 g/mol. The SMILES string of the molecule is c1ccc(N=Nc2c3s[nH]nc-3c3ccccc23)cc1. The Labute approximate surface area is 119 Å². The summed E-state index contributed by atoms with van der Waals surface area (Å²) in [5.41, 5.74) is 2.70. The number of rotatable bonds is 2. The van der Waals surface area contributed by atoms with Gasteiger partial charge in [-0.15, -0.1) is 5.11 Å². The van der Waals surface area contributed by atoms with Crippen LogP contribution in [0.3, 0.4) is 0 Å². The number of aromatic amines is 1. The molecule has 0 unspecified atom stereocenters. The van der Waals surface area contributed by atoms with Gasteiger partial charge in [-0.2, -0.15) is 10.2 Å². The van der Waals surface area contributed by atoms with Crippen molar-refractivity contribution in [2.75, 3.05) is 0 Å². The van der Waals surface area contributed by atoms with Gasteiger partial charge in [0.2, 0.25) is 0 Å². The first-order valence-corrected chi connectivity index (χ1v) is 7.06. The van der Waals surface area contributed by atoms with Crippen LogP contribution in [-0.2, 0) is 0 Å². The van der Waals surface area contributed by atoms with Crippen molar-refractivity contribution in [3.05, 3.63) is 54.6 Å². The van der Waals surface area contributed by atoms with E-state index in [0.29, 0.717) is 0 Å². The van der Waals surface area contributed by atoms with Gasteiger partial charge in [-0.3, -0.25) is 0 Å². The van der Waals surface area contributed by atoms with Crippen LogP contribution in [0.2, 0.25) is 0 Å². The van der Waals surface area contributed by atoms with Crippen LogP contribution in [0.5, 0.6) is 0 Å². The Hall–Kier alpha value is -2.53. The number of aromatic nitrogens is 2. The van der Waals surface area contributed by atoms with Crippen molar-refractivity contribution in [2.45, 2.75) is 0 Å². The number of fused-ring (bicyclic) bond motifs is 3. The highest BCUT2D eigenvalue weighted by atomic mass is 32.1. The molecule has 0 bridgehead atoms. The molecule has 0 fully saturated rings. The average molecular weight is 278 g/mol. The Morgan fingerprint density at radius 1 is 0.850 bits per heavy atom. The second-order valence-corrected chi connectivity index (χ2v) is 5.21. The van der Waals surface area contributed by atoms with E-state index < -0.39 is 0 Å². The van der Waals surface area contributed by atoms with Gasteiger partial charge >= 0.3 is 0 Å². The average Bonchev–Trinajstić information content (AvgIpc) is 3.07. The molecule has 4 rings (SSSR count). The fourth-order valence-corrected chi connectivity index (χ4v) is 3.00. The normalized spacial score (nSPS) is 11.8. The standard InChI is InChI=1S/C15H10N4S/c1-2-6-10(7-3-1)16-17-13-11-8-4-5-9-12(11)14-15(13)20-19-18-14/h1-9,19H. The summed E-state index contributed by atoms with van der Waals surface area (Å²) in [5.74, 6) is 0. The van der Waals surface area contributed by atoms with Gasteiger partial charge in [-0.1, -0.05) is 42.5 Å². The Kier molecular flexibility index (Phi) is 2.57. The fraction of sp³-hybridized carbons (Fsp3) is 0. The molecule has 0 aromatic heterocycles. The van der Waals surface area contributed by atoms with E-state index in [1.54, 1.807) is 0 Å². The fourth-order valence-electron chi connectivity index (χ4n) is 2.28. The highest BCUT2D eigenvalue weighted by molar-refractivity contribution is 7.10. The number of nitrogens with zero attached hydrogens (tertiary/aromatic N) is 3. The van der Waals surface area contributed by atoms with Crippen LogP contribution in [0.1, 0.15) is 0 Å². The Bertz CT molecular complexity index is 860. The van der Waals surface area contributed by atoms with Crippen LogP contribution in [-0.4, -0.2) is 9.59 Å². The van der Waals surface area contributed by atoms with Gasteiger partial charge in [-0.25, -0.2) is 4.49 Å². The lowest BCUT2D eigenvalue weighted by atomic mass is 10.2. The topological polar surface area (TPSA) is 53.4 Å². The molecule has 20 heavy (non-hydrogen) atoms. The summed E-state index contributed by atoms with van der Waals surface area (Å²) in [7, 11) is 0. The second kappa shape index (κ2) is 4.54. The summed E-state index contributed by atoms with van der Waals surface area (Å²) in [4.78, 5) is 1.05. The lowest BCUT2D eigenvalue weighted by Gasteiger charge is -1.92. The van der Waals surface area contributed by atoms with Crippen LogP contribution >= 0.6 is 11.5 Å². The lowest BCUT2D eigenvalue weighted by Crippen LogP contribution is -1.69. The molecule has 0 spiro atoms. The first-order chi connectivity index (χ1) is 9.93. The predicted molar refractivity (Wildman–Crippen MR) is 81.2 cm³/mol. The lowest BCUT2D eigenvalue weighted by molar-refractivity contribution is 1.17. The summed E-state index contributed by atoms with van der Waals surface area (Å²) in [5, 5.41) is 15.3. The van der Waals surface area contributed by atoms with E-state index in [1.165, 1.54) is 11.5 Å². The number of H-pyrrole nitrogens is 1. The van der Waals surface area contributed by atoms with Gasteiger partial charge in [0.25, 0.3) is 0 Å². The van der Waals surface area contributed by atoms with Crippen LogP contribution in [0, 0.1) is 0 Å². The monoisotopic (exact) mass is 278 g/mol. The minimum Gasteiger partial charge on any atom is -0.231 e. The van der Waals surface area contributed by atoms with Crippen molar-refractivity contribution < 1.29 is 0 Å². The van der Waals surface area contributed by atoms with Gasteiger partial charge in [0.15, 0.2) is 0 Å². The molecule has 1 heterocycles. The second-order valence-electron chi connectivity index (χ2n) is 4.41. The van der Waals surface area contributed by atoms with Gasteiger partial charge in [-0.05, 0) is 23.7 Å². The Morgan fingerprint density at radius 2 is 1.60 bits per heavy atom. The number of azo groups is 1. The Morgan fingerprint density at radius 3 is 2.45 bits per heavy atom. The molecule has 2 aromatic rings. The van der Waals surface area contributed by atoms with Crippen molar-refractivity contribution in [1.29, 1.82) is 0 Å². The first-order valence-electron chi connectivity index (χ1n) is 6.24. The molecule has 0 atom stereocenters. The number of benzene rings is 2. The Balaban J connectivity index is 1.90. The summed E-state index contributed by atoms with van der Waals surface area (Å²) in [6.45, 7) is 0. The molecule has 0 saturated heterocycles. The summed E-state index contributed by atoms with van der Waals surface area (Å²) in [6.07, 6.45) is 0. The largest absolute Gasteiger partial charge is 0.231 e. The first kappa shape index (κ1) is 11.3. The third-order valence-electron chi connectivity index (χ3n) is 3.19. The van der Waals surface area contributed by atoms with E-state index in [2.05, 4.69) is 31.9 Å². The number of nitrogens with one attached hydrogen (secondary N) is 1. The summed E-state index contributed by atoms with van der Waals surface area (Å²) in [6, 6.07) is 17.9. The molecule has 0 radical (unpaired) electrons. The third-order valence-corrected chi connectivity index (χ3v) is 3.97. The maximum atomic E-state index is 4.44. The van der Waals surface area contributed by atoms with Crippen molar-refractivity contribution in [2.24, 2.45) is 10.2 Å². The maximum Gasteiger partial charge on any atom is 0.115 e. The third kappa shape index (κ3) is 1.71. The van der Waals surface area contributed by atoms with Crippen molar-refractivity contribution in [1.82, 2.24) is 9.59 Å². The zero-order chi connectivity index (χ0) is 13.4. The molecule has 5 heteroatoms. The molecule has 2 aliphatic rings. The number of hydrogen-bond donors (Lipinski definition) is 1. The molecule has 4 nitrogen and oxygen atoms in total. The minimum atomic E-state index is 0.847. The van der Waals surface area contributed by atoms with E-state index in [9.17, 15) is 0 Å². The minimum absolute atomic E-state index is 0.847. The molecule has 1 aliphatic heterocycles. The van der Waals surface area contributed by atoms with E-state index in [0.717, 1.165) is 32.7 Å². The molecule has 1 aliphatic carbocycles. The molecule has 1 N–H and O–H groups in total. The van der Waals surface area contributed by atoms with E-state index in [-0.39, 0.29) is 0 Å². The molecule has 0 amide bonds. The molecule has 96 valence electrons. The van der Waals surface area contributed by atoms with Crippen molar-refractivity contribution >= 4 is 33.7 Å². The highest BCUT2D eigenvalue weighted by Gasteiger charge is 2.20. The number of hydrogen-bond acceptors (Lipinski definition) is 4. The molecule has 2 aromatic carbocycles. The zero-order valence-corrected chi connectivity index (χ0v) is 11.3. The van der Waals surface area contributed by atoms with Crippen LogP contribution in [0.25, 0.3) is 21.3 Å². The van der Waals surface area contributed by atoms with Crippen molar-refractivity contribution in [3.8, 4) is 10.6 Å².